The monoisotopic (exact) mass is 277 g/mol. The molecule has 0 atom stereocenters. The van der Waals surface area contributed by atoms with Crippen molar-refractivity contribution in [1.82, 2.24) is 0 Å². The SMILES string of the molecule is O=C(O)c1cc(F)ccc1N1CCC2(CCCC2)CC1. The molecule has 1 saturated carbocycles. The molecule has 0 radical (unpaired) electrons. The first-order chi connectivity index (χ1) is 9.60. The van der Waals surface area contributed by atoms with E-state index in [1.807, 2.05) is 0 Å². The molecule has 0 bridgehead atoms. The quantitative estimate of drug-likeness (QED) is 0.896. The average Bonchev–Trinajstić information content (AvgIpc) is 2.88. The number of hydrogen-bond acceptors (Lipinski definition) is 2. The molecule has 1 saturated heterocycles. The lowest BCUT2D eigenvalue weighted by atomic mass is 9.77. The predicted molar refractivity (Wildman–Crippen MR) is 75.7 cm³/mol. The smallest absolute Gasteiger partial charge is 0.337 e. The minimum atomic E-state index is -1.05. The van der Waals surface area contributed by atoms with Crippen molar-refractivity contribution in [2.45, 2.75) is 38.5 Å². The number of carboxylic acids is 1. The zero-order valence-corrected chi connectivity index (χ0v) is 11.6. The Hall–Kier alpha value is -1.58. The van der Waals surface area contributed by atoms with Gasteiger partial charge in [0, 0.05) is 13.1 Å². The topological polar surface area (TPSA) is 40.5 Å². The van der Waals surface area contributed by atoms with Gasteiger partial charge in [-0.15, -0.1) is 0 Å². The number of piperidine rings is 1. The molecule has 1 N–H and O–H groups in total. The van der Waals surface area contributed by atoms with Crippen LogP contribution in [0.2, 0.25) is 0 Å². The number of aromatic carboxylic acids is 1. The molecule has 2 fully saturated rings. The molecule has 1 aliphatic carbocycles. The number of carbonyl (C=O) groups is 1. The van der Waals surface area contributed by atoms with Gasteiger partial charge >= 0.3 is 5.97 Å². The van der Waals surface area contributed by atoms with Crippen LogP contribution >= 0.6 is 0 Å². The first-order valence-corrected chi connectivity index (χ1v) is 7.38. The molecular formula is C16H20FNO2. The van der Waals surface area contributed by atoms with Gasteiger partial charge in [-0.3, -0.25) is 0 Å². The van der Waals surface area contributed by atoms with E-state index in [4.69, 9.17) is 0 Å². The van der Waals surface area contributed by atoms with E-state index in [0.717, 1.165) is 32.0 Å². The maximum Gasteiger partial charge on any atom is 0.337 e. The van der Waals surface area contributed by atoms with Gasteiger partial charge in [-0.1, -0.05) is 12.8 Å². The second kappa shape index (κ2) is 5.08. The normalized spacial score (nSPS) is 21.4. The third kappa shape index (κ3) is 2.39. The average molecular weight is 277 g/mol. The van der Waals surface area contributed by atoms with Crippen LogP contribution in [0.4, 0.5) is 10.1 Å². The Labute approximate surface area is 118 Å². The van der Waals surface area contributed by atoms with Crippen molar-refractivity contribution in [2.24, 2.45) is 5.41 Å². The maximum atomic E-state index is 13.2. The van der Waals surface area contributed by atoms with Crippen LogP contribution in [0, 0.1) is 11.2 Å². The van der Waals surface area contributed by atoms with Crippen LogP contribution in [0.1, 0.15) is 48.9 Å². The summed E-state index contributed by atoms with van der Waals surface area (Å²) in [5.41, 5.74) is 1.24. The maximum absolute atomic E-state index is 13.2. The highest BCUT2D eigenvalue weighted by molar-refractivity contribution is 5.94. The molecule has 1 spiro atoms. The number of hydrogen-bond donors (Lipinski definition) is 1. The summed E-state index contributed by atoms with van der Waals surface area (Å²) in [5, 5.41) is 9.23. The van der Waals surface area contributed by atoms with Crippen LogP contribution in [-0.4, -0.2) is 24.2 Å². The molecule has 2 aliphatic rings. The van der Waals surface area contributed by atoms with E-state index in [2.05, 4.69) is 4.90 Å². The summed E-state index contributed by atoms with van der Waals surface area (Å²) in [7, 11) is 0. The van der Waals surface area contributed by atoms with Crippen molar-refractivity contribution in [3.8, 4) is 0 Å². The number of benzene rings is 1. The van der Waals surface area contributed by atoms with Crippen LogP contribution in [0.25, 0.3) is 0 Å². The van der Waals surface area contributed by atoms with Gasteiger partial charge in [0.25, 0.3) is 0 Å². The highest BCUT2D eigenvalue weighted by Gasteiger charge is 2.37. The molecule has 0 unspecified atom stereocenters. The molecular weight excluding hydrogens is 257 g/mol. The second-order valence-electron chi connectivity index (χ2n) is 6.16. The van der Waals surface area contributed by atoms with Gasteiger partial charge in [0.15, 0.2) is 0 Å². The molecule has 0 amide bonds. The summed E-state index contributed by atoms with van der Waals surface area (Å²) in [5.74, 6) is -1.55. The van der Waals surface area contributed by atoms with E-state index in [1.165, 1.54) is 31.7 Å². The molecule has 3 nitrogen and oxygen atoms in total. The van der Waals surface area contributed by atoms with Gasteiger partial charge in [0.1, 0.15) is 5.82 Å². The molecule has 108 valence electrons. The van der Waals surface area contributed by atoms with E-state index in [-0.39, 0.29) is 5.56 Å². The zero-order valence-electron chi connectivity index (χ0n) is 11.6. The molecule has 1 aromatic rings. The molecule has 0 aromatic heterocycles. The van der Waals surface area contributed by atoms with Crippen molar-refractivity contribution < 1.29 is 14.3 Å². The zero-order chi connectivity index (χ0) is 14.2. The molecule has 20 heavy (non-hydrogen) atoms. The van der Waals surface area contributed by atoms with Crippen molar-refractivity contribution >= 4 is 11.7 Å². The number of halogens is 1. The van der Waals surface area contributed by atoms with E-state index < -0.39 is 11.8 Å². The third-order valence-corrected chi connectivity index (χ3v) is 5.02. The first-order valence-electron chi connectivity index (χ1n) is 7.38. The third-order valence-electron chi connectivity index (χ3n) is 5.02. The lowest BCUT2D eigenvalue weighted by molar-refractivity contribution is 0.0697. The van der Waals surface area contributed by atoms with Crippen molar-refractivity contribution in [3.05, 3.63) is 29.6 Å². The molecule has 1 aromatic carbocycles. The van der Waals surface area contributed by atoms with Crippen molar-refractivity contribution in [2.75, 3.05) is 18.0 Å². The summed E-state index contributed by atoms with van der Waals surface area (Å²) < 4.78 is 13.2. The van der Waals surface area contributed by atoms with Crippen LogP contribution in [0.5, 0.6) is 0 Å². The minimum Gasteiger partial charge on any atom is -0.478 e. The first kappa shape index (κ1) is 13.4. The van der Waals surface area contributed by atoms with Crippen molar-refractivity contribution in [1.29, 1.82) is 0 Å². The lowest BCUT2D eigenvalue weighted by Gasteiger charge is -2.40. The molecule has 1 aliphatic heterocycles. The number of anilines is 1. The Morgan fingerprint density at radius 2 is 1.80 bits per heavy atom. The summed E-state index contributed by atoms with van der Waals surface area (Å²) in [6.07, 6.45) is 7.55. The fourth-order valence-electron chi connectivity index (χ4n) is 3.80. The number of nitrogens with zero attached hydrogens (tertiary/aromatic N) is 1. The van der Waals surface area contributed by atoms with Crippen LogP contribution in [-0.2, 0) is 0 Å². The van der Waals surface area contributed by atoms with Gasteiger partial charge < -0.3 is 10.0 Å². The Balaban J connectivity index is 1.79. The van der Waals surface area contributed by atoms with E-state index >= 15 is 0 Å². The van der Waals surface area contributed by atoms with Crippen LogP contribution < -0.4 is 4.90 Å². The van der Waals surface area contributed by atoms with Crippen molar-refractivity contribution in [3.63, 3.8) is 0 Å². The summed E-state index contributed by atoms with van der Waals surface area (Å²) in [6, 6.07) is 4.07. The predicted octanol–water partition coefficient (Wildman–Crippen LogP) is 3.68. The molecule has 1 heterocycles. The van der Waals surface area contributed by atoms with Crippen LogP contribution in [0.3, 0.4) is 0 Å². The van der Waals surface area contributed by atoms with E-state index in [9.17, 15) is 14.3 Å². The lowest BCUT2D eigenvalue weighted by Crippen LogP contribution is -2.39. The van der Waals surface area contributed by atoms with Gasteiger partial charge in [0.2, 0.25) is 0 Å². The molecule has 3 rings (SSSR count). The fraction of sp³-hybridized carbons (Fsp3) is 0.562. The Bertz CT molecular complexity index is 513. The van der Waals surface area contributed by atoms with Gasteiger partial charge in [0.05, 0.1) is 11.3 Å². The summed E-state index contributed by atoms with van der Waals surface area (Å²) in [6.45, 7) is 1.76. The van der Waals surface area contributed by atoms with E-state index in [1.54, 1.807) is 6.07 Å². The molecule has 4 heteroatoms. The highest BCUT2D eigenvalue weighted by Crippen LogP contribution is 2.46. The Morgan fingerprint density at radius 3 is 2.40 bits per heavy atom. The van der Waals surface area contributed by atoms with Gasteiger partial charge in [-0.25, -0.2) is 9.18 Å². The minimum absolute atomic E-state index is 0.0763. The highest BCUT2D eigenvalue weighted by atomic mass is 19.1. The van der Waals surface area contributed by atoms with Gasteiger partial charge in [-0.2, -0.15) is 0 Å². The Kier molecular flexibility index (Phi) is 3.40. The summed E-state index contributed by atoms with van der Waals surface area (Å²) >= 11 is 0. The van der Waals surface area contributed by atoms with Crippen LogP contribution in [0.15, 0.2) is 18.2 Å². The standard InChI is InChI=1S/C16H20FNO2/c17-12-3-4-14(13(11-12)15(19)20)18-9-7-16(8-10-18)5-1-2-6-16/h3-4,11H,1-2,5-10H2,(H,19,20). The Morgan fingerprint density at radius 1 is 1.15 bits per heavy atom. The largest absolute Gasteiger partial charge is 0.478 e. The summed E-state index contributed by atoms with van der Waals surface area (Å²) in [4.78, 5) is 13.4. The fourth-order valence-corrected chi connectivity index (χ4v) is 3.80. The van der Waals surface area contributed by atoms with E-state index in [0.29, 0.717) is 11.1 Å². The van der Waals surface area contributed by atoms with Gasteiger partial charge in [-0.05, 0) is 49.3 Å². The number of rotatable bonds is 2. The second-order valence-corrected chi connectivity index (χ2v) is 6.16. The number of carboxylic acid groups (broad SMARTS) is 1.